The summed E-state index contributed by atoms with van der Waals surface area (Å²) in [4.78, 5) is 4.20. The zero-order valence-electron chi connectivity index (χ0n) is 9.84. The Morgan fingerprint density at radius 1 is 1.47 bits per heavy atom. The predicted molar refractivity (Wildman–Crippen MR) is 58.0 cm³/mol. The van der Waals surface area contributed by atoms with Gasteiger partial charge in [-0.1, -0.05) is 0 Å². The predicted octanol–water partition coefficient (Wildman–Crippen LogP) is 2.20. The van der Waals surface area contributed by atoms with Crippen molar-refractivity contribution in [3.8, 4) is 0 Å². The molecule has 1 rings (SSSR count). The summed E-state index contributed by atoms with van der Waals surface area (Å²) in [5.41, 5.74) is 0.816. The van der Waals surface area contributed by atoms with E-state index in [9.17, 15) is 13.2 Å². The summed E-state index contributed by atoms with van der Waals surface area (Å²) in [7, 11) is 0. The van der Waals surface area contributed by atoms with E-state index >= 15 is 0 Å². The van der Waals surface area contributed by atoms with Gasteiger partial charge in [-0.3, -0.25) is 0 Å². The van der Waals surface area contributed by atoms with E-state index in [4.69, 9.17) is 0 Å². The van der Waals surface area contributed by atoms with E-state index in [0.717, 1.165) is 5.69 Å². The molecule has 1 N–H and O–H groups in total. The number of nitrogens with one attached hydrogen (secondary N) is 1. The standard InChI is InChI=1S/C10H16F3N3O/c1-3-14-9-15-8(2)6-16(9)4-5-17-7-10(11,12)13/h6H,3-5,7H2,1-2H3,(H,14,15). The van der Waals surface area contributed by atoms with Crippen LogP contribution in [0.4, 0.5) is 19.1 Å². The van der Waals surface area contributed by atoms with Gasteiger partial charge in [0.25, 0.3) is 0 Å². The Labute approximate surface area is 97.8 Å². The van der Waals surface area contributed by atoms with Gasteiger partial charge < -0.3 is 14.6 Å². The number of aryl methyl sites for hydroxylation is 1. The van der Waals surface area contributed by atoms with Crippen LogP contribution in [0, 0.1) is 6.92 Å². The van der Waals surface area contributed by atoms with E-state index in [-0.39, 0.29) is 6.61 Å². The van der Waals surface area contributed by atoms with E-state index in [1.807, 2.05) is 13.8 Å². The van der Waals surface area contributed by atoms with Crippen LogP contribution >= 0.6 is 0 Å². The van der Waals surface area contributed by atoms with Gasteiger partial charge in [-0.05, 0) is 13.8 Å². The summed E-state index contributed by atoms with van der Waals surface area (Å²) in [6.45, 7) is 3.60. The highest BCUT2D eigenvalue weighted by Gasteiger charge is 2.27. The molecule has 0 radical (unpaired) electrons. The Bertz CT molecular complexity index is 349. The van der Waals surface area contributed by atoms with Crippen molar-refractivity contribution >= 4 is 5.95 Å². The third kappa shape index (κ3) is 5.08. The second-order valence-electron chi connectivity index (χ2n) is 3.60. The largest absolute Gasteiger partial charge is 0.411 e. The second-order valence-corrected chi connectivity index (χ2v) is 3.60. The first-order valence-corrected chi connectivity index (χ1v) is 5.34. The molecule has 0 aliphatic carbocycles. The van der Waals surface area contributed by atoms with Gasteiger partial charge in [-0.25, -0.2) is 4.98 Å². The first-order chi connectivity index (χ1) is 7.92. The molecule has 1 aromatic heterocycles. The van der Waals surface area contributed by atoms with Gasteiger partial charge in [0.05, 0.1) is 12.3 Å². The number of halogens is 3. The van der Waals surface area contributed by atoms with Crippen LogP contribution in [0.1, 0.15) is 12.6 Å². The lowest BCUT2D eigenvalue weighted by Gasteiger charge is -2.10. The quantitative estimate of drug-likeness (QED) is 0.788. The molecular weight excluding hydrogens is 235 g/mol. The average Bonchev–Trinajstić information content (AvgIpc) is 2.53. The molecule has 0 bridgehead atoms. The fraction of sp³-hybridized carbons (Fsp3) is 0.700. The van der Waals surface area contributed by atoms with Gasteiger partial charge in [0.2, 0.25) is 5.95 Å². The Kier molecular flexibility index (Phi) is 4.80. The van der Waals surface area contributed by atoms with Crippen LogP contribution in [0.15, 0.2) is 6.20 Å². The second kappa shape index (κ2) is 5.90. The van der Waals surface area contributed by atoms with Crippen LogP contribution in [0.5, 0.6) is 0 Å². The molecule has 98 valence electrons. The maximum Gasteiger partial charge on any atom is 0.411 e. The van der Waals surface area contributed by atoms with Crippen molar-refractivity contribution in [2.75, 3.05) is 25.1 Å². The molecule has 0 saturated heterocycles. The first kappa shape index (κ1) is 13.8. The topological polar surface area (TPSA) is 39.1 Å². The molecule has 17 heavy (non-hydrogen) atoms. The van der Waals surface area contributed by atoms with Crippen LogP contribution in [-0.4, -0.2) is 35.5 Å². The minimum Gasteiger partial charge on any atom is -0.370 e. The SMILES string of the molecule is CCNc1nc(C)cn1CCOCC(F)(F)F. The third-order valence-corrected chi connectivity index (χ3v) is 1.97. The normalized spacial score (nSPS) is 11.8. The molecule has 1 heterocycles. The number of alkyl halides is 3. The summed E-state index contributed by atoms with van der Waals surface area (Å²) in [6.07, 6.45) is -2.50. The molecule has 0 atom stereocenters. The number of aromatic nitrogens is 2. The van der Waals surface area contributed by atoms with E-state index in [0.29, 0.717) is 19.0 Å². The van der Waals surface area contributed by atoms with Crippen LogP contribution in [0.25, 0.3) is 0 Å². The summed E-state index contributed by atoms with van der Waals surface area (Å²) in [5.74, 6) is 0.653. The van der Waals surface area contributed by atoms with Crippen molar-refractivity contribution in [2.45, 2.75) is 26.6 Å². The van der Waals surface area contributed by atoms with Crippen molar-refractivity contribution in [3.63, 3.8) is 0 Å². The fourth-order valence-corrected chi connectivity index (χ4v) is 1.37. The molecule has 0 saturated carbocycles. The van der Waals surface area contributed by atoms with Crippen molar-refractivity contribution in [1.29, 1.82) is 0 Å². The number of nitrogens with zero attached hydrogens (tertiary/aromatic N) is 2. The highest BCUT2D eigenvalue weighted by atomic mass is 19.4. The highest BCUT2D eigenvalue weighted by molar-refractivity contribution is 5.28. The molecule has 0 amide bonds. The number of rotatable bonds is 6. The summed E-state index contributed by atoms with van der Waals surface area (Å²) in [5, 5.41) is 3.03. The van der Waals surface area contributed by atoms with Crippen molar-refractivity contribution < 1.29 is 17.9 Å². The lowest BCUT2D eigenvalue weighted by molar-refractivity contribution is -0.174. The molecule has 0 aromatic carbocycles. The first-order valence-electron chi connectivity index (χ1n) is 5.34. The minimum atomic E-state index is -4.27. The number of imidazole rings is 1. The molecule has 7 heteroatoms. The molecule has 0 fully saturated rings. The fourth-order valence-electron chi connectivity index (χ4n) is 1.37. The van der Waals surface area contributed by atoms with Crippen LogP contribution in [0.3, 0.4) is 0 Å². The number of hydrogen-bond acceptors (Lipinski definition) is 3. The third-order valence-electron chi connectivity index (χ3n) is 1.97. The molecule has 4 nitrogen and oxygen atoms in total. The van der Waals surface area contributed by atoms with Crippen LogP contribution < -0.4 is 5.32 Å². The van der Waals surface area contributed by atoms with E-state index < -0.39 is 12.8 Å². The van der Waals surface area contributed by atoms with E-state index in [2.05, 4.69) is 15.0 Å². The van der Waals surface area contributed by atoms with E-state index in [1.54, 1.807) is 10.8 Å². The van der Waals surface area contributed by atoms with Crippen LogP contribution in [0.2, 0.25) is 0 Å². The maximum absolute atomic E-state index is 11.8. The van der Waals surface area contributed by atoms with Gasteiger partial charge in [0.1, 0.15) is 6.61 Å². The van der Waals surface area contributed by atoms with Crippen LogP contribution in [-0.2, 0) is 11.3 Å². The lowest BCUT2D eigenvalue weighted by atomic mass is 10.5. The molecular formula is C10H16F3N3O. The molecule has 0 aliphatic heterocycles. The van der Waals surface area contributed by atoms with Crippen molar-refractivity contribution in [1.82, 2.24) is 9.55 Å². The molecule has 0 aliphatic rings. The minimum absolute atomic E-state index is 0.00764. The molecule has 0 spiro atoms. The van der Waals surface area contributed by atoms with E-state index in [1.165, 1.54) is 0 Å². The van der Waals surface area contributed by atoms with Gasteiger partial charge in [0.15, 0.2) is 0 Å². The zero-order valence-corrected chi connectivity index (χ0v) is 9.84. The Morgan fingerprint density at radius 2 is 2.18 bits per heavy atom. The number of hydrogen-bond donors (Lipinski definition) is 1. The summed E-state index contributed by atoms with van der Waals surface area (Å²) < 4.78 is 41.8. The molecule has 1 aromatic rings. The monoisotopic (exact) mass is 251 g/mol. The van der Waals surface area contributed by atoms with Gasteiger partial charge in [-0.2, -0.15) is 13.2 Å². The summed E-state index contributed by atoms with van der Waals surface area (Å²) in [6, 6.07) is 0. The van der Waals surface area contributed by atoms with Crippen molar-refractivity contribution in [2.24, 2.45) is 0 Å². The zero-order chi connectivity index (χ0) is 12.9. The van der Waals surface area contributed by atoms with Gasteiger partial charge in [0, 0.05) is 19.3 Å². The Balaban J connectivity index is 2.40. The molecule has 0 unspecified atom stereocenters. The smallest absolute Gasteiger partial charge is 0.370 e. The van der Waals surface area contributed by atoms with Gasteiger partial charge in [-0.15, -0.1) is 0 Å². The Hall–Kier alpha value is -1.24. The number of anilines is 1. The van der Waals surface area contributed by atoms with Gasteiger partial charge >= 0.3 is 6.18 Å². The number of ether oxygens (including phenoxy) is 1. The Morgan fingerprint density at radius 3 is 2.76 bits per heavy atom. The average molecular weight is 251 g/mol. The highest BCUT2D eigenvalue weighted by Crippen LogP contribution is 2.14. The summed E-state index contributed by atoms with van der Waals surface area (Å²) >= 11 is 0. The maximum atomic E-state index is 11.8. The van der Waals surface area contributed by atoms with Crippen molar-refractivity contribution in [3.05, 3.63) is 11.9 Å². The lowest BCUT2D eigenvalue weighted by Crippen LogP contribution is -2.19.